The molecule has 0 radical (unpaired) electrons. The van der Waals surface area contributed by atoms with Crippen molar-refractivity contribution < 1.29 is 13.2 Å². The van der Waals surface area contributed by atoms with E-state index in [1.807, 2.05) is 6.92 Å². The molecule has 0 aliphatic carbocycles. The molecule has 86 valence electrons. The van der Waals surface area contributed by atoms with Crippen LogP contribution in [-0.4, -0.2) is 36.2 Å². The van der Waals surface area contributed by atoms with Crippen LogP contribution in [0.1, 0.15) is 27.2 Å². The summed E-state index contributed by atoms with van der Waals surface area (Å²) in [6, 6.07) is 0. The van der Waals surface area contributed by atoms with Gasteiger partial charge in [-0.05, 0) is 26.8 Å². The second-order valence-electron chi connectivity index (χ2n) is 4.31. The molecule has 0 atom stereocenters. The molecule has 2 N–H and O–H groups in total. The summed E-state index contributed by atoms with van der Waals surface area (Å²) in [5.41, 5.74) is 5.09. The number of nitrogens with two attached hydrogens (primary N) is 1. The van der Waals surface area contributed by atoms with E-state index in [4.69, 9.17) is 5.73 Å². The van der Waals surface area contributed by atoms with Crippen molar-refractivity contribution in [3.8, 4) is 0 Å². The first kappa shape index (κ1) is 13.7. The minimum atomic E-state index is -4.14. The van der Waals surface area contributed by atoms with Crippen molar-refractivity contribution in [2.24, 2.45) is 5.73 Å². The number of hydrogen-bond donors (Lipinski definition) is 1. The van der Waals surface area contributed by atoms with Crippen molar-refractivity contribution in [3.05, 3.63) is 0 Å². The van der Waals surface area contributed by atoms with Crippen molar-refractivity contribution in [1.82, 2.24) is 4.90 Å². The second-order valence-corrected chi connectivity index (χ2v) is 4.31. The molecule has 0 bridgehead atoms. The number of rotatable bonds is 5. The predicted molar refractivity (Wildman–Crippen MR) is 51.1 cm³/mol. The van der Waals surface area contributed by atoms with Crippen molar-refractivity contribution in [1.29, 1.82) is 0 Å². The van der Waals surface area contributed by atoms with Gasteiger partial charge in [0, 0.05) is 12.1 Å². The van der Waals surface area contributed by atoms with Crippen LogP contribution in [0.15, 0.2) is 0 Å². The van der Waals surface area contributed by atoms with Crippen LogP contribution in [-0.2, 0) is 0 Å². The van der Waals surface area contributed by atoms with Crippen LogP contribution >= 0.6 is 0 Å². The van der Waals surface area contributed by atoms with Gasteiger partial charge in [-0.15, -0.1) is 0 Å². The van der Waals surface area contributed by atoms with Crippen molar-refractivity contribution in [3.63, 3.8) is 0 Å². The Labute approximate surface area is 83.3 Å². The summed E-state index contributed by atoms with van der Waals surface area (Å²) >= 11 is 0. The van der Waals surface area contributed by atoms with Crippen LogP contribution in [0.2, 0.25) is 0 Å². The molecule has 2 nitrogen and oxygen atoms in total. The first-order valence-electron chi connectivity index (χ1n) is 4.72. The topological polar surface area (TPSA) is 29.3 Å². The van der Waals surface area contributed by atoms with E-state index in [0.29, 0.717) is 13.0 Å². The SMILES string of the molecule is CCCN(CC(C)(C)N)CC(F)(F)F. The molecule has 0 aromatic carbocycles. The molecule has 0 spiro atoms. The lowest BCUT2D eigenvalue weighted by molar-refractivity contribution is -0.147. The molecule has 0 aliphatic heterocycles. The molecule has 0 rings (SSSR count). The Balaban J connectivity index is 4.16. The second kappa shape index (κ2) is 4.98. The summed E-state index contributed by atoms with van der Waals surface area (Å²) in [4.78, 5) is 1.35. The van der Waals surface area contributed by atoms with E-state index < -0.39 is 18.3 Å². The van der Waals surface area contributed by atoms with Gasteiger partial charge in [0.1, 0.15) is 0 Å². The Morgan fingerprint density at radius 3 is 1.93 bits per heavy atom. The van der Waals surface area contributed by atoms with Crippen LogP contribution < -0.4 is 5.73 Å². The van der Waals surface area contributed by atoms with Gasteiger partial charge in [0.15, 0.2) is 0 Å². The van der Waals surface area contributed by atoms with E-state index in [-0.39, 0.29) is 6.54 Å². The molecule has 0 aromatic rings. The summed E-state index contributed by atoms with van der Waals surface area (Å²) < 4.78 is 36.4. The van der Waals surface area contributed by atoms with Gasteiger partial charge < -0.3 is 5.73 Å². The van der Waals surface area contributed by atoms with E-state index in [9.17, 15) is 13.2 Å². The Morgan fingerprint density at radius 2 is 1.64 bits per heavy atom. The lowest BCUT2D eigenvalue weighted by Crippen LogP contribution is -2.48. The van der Waals surface area contributed by atoms with Gasteiger partial charge in [0.25, 0.3) is 0 Å². The normalized spacial score (nSPS) is 13.7. The summed E-state index contributed by atoms with van der Waals surface area (Å²) in [6.45, 7) is 5.13. The molecule has 0 saturated carbocycles. The number of hydrogen-bond acceptors (Lipinski definition) is 2. The lowest BCUT2D eigenvalue weighted by Gasteiger charge is -2.30. The molecule has 0 unspecified atom stereocenters. The van der Waals surface area contributed by atoms with E-state index in [0.717, 1.165) is 0 Å². The highest BCUT2D eigenvalue weighted by atomic mass is 19.4. The Hall–Kier alpha value is -0.290. The van der Waals surface area contributed by atoms with Gasteiger partial charge in [-0.25, -0.2) is 0 Å². The van der Waals surface area contributed by atoms with Crippen LogP contribution in [0.3, 0.4) is 0 Å². The fourth-order valence-corrected chi connectivity index (χ4v) is 1.36. The quantitative estimate of drug-likeness (QED) is 0.755. The molecule has 0 aliphatic rings. The van der Waals surface area contributed by atoms with Crippen LogP contribution in [0.5, 0.6) is 0 Å². The summed E-state index contributed by atoms with van der Waals surface area (Å²) in [7, 11) is 0. The van der Waals surface area contributed by atoms with Gasteiger partial charge in [-0.3, -0.25) is 4.90 Å². The maximum absolute atomic E-state index is 12.1. The molecule has 0 amide bonds. The van der Waals surface area contributed by atoms with Gasteiger partial charge in [0.05, 0.1) is 6.54 Å². The molecule has 5 heteroatoms. The lowest BCUT2D eigenvalue weighted by atomic mass is 10.1. The van der Waals surface area contributed by atoms with Crippen LogP contribution in [0.25, 0.3) is 0 Å². The average Bonchev–Trinajstić information content (AvgIpc) is 1.78. The Morgan fingerprint density at radius 1 is 1.14 bits per heavy atom. The zero-order valence-corrected chi connectivity index (χ0v) is 8.99. The van der Waals surface area contributed by atoms with E-state index in [1.54, 1.807) is 13.8 Å². The number of halogens is 3. The zero-order valence-electron chi connectivity index (χ0n) is 8.99. The highest BCUT2D eigenvalue weighted by Gasteiger charge is 2.31. The molecular weight excluding hydrogens is 193 g/mol. The van der Waals surface area contributed by atoms with Gasteiger partial charge >= 0.3 is 6.18 Å². The van der Waals surface area contributed by atoms with E-state index in [2.05, 4.69) is 0 Å². The van der Waals surface area contributed by atoms with Gasteiger partial charge in [-0.2, -0.15) is 13.2 Å². The highest BCUT2D eigenvalue weighted by Crippen LogP contribution is 2.17. The molecule has 0 heterocycles. The van der Waals surface area contributed by atoms with E-state index in [1.165, 1.54) is 4.90 Å². The summed E-state index contributed by atoms with van der Waals surface area (Å²) in [5.74, 6) is 0. The highest BCUT2D eigenvalue weighted by molar-refractivity contribution is 4.78. The third-order valence-electron chi connectivity index (χ3n) is 1.57. The minimum Gasteiger partial charge on any atom is -0.324 e. The Bertz CT molecular complexity index is 144. The number of alkyl halides is 3. The minimum absolute atomic E-state index is 0.264. The fourth-order valence-electron chi connectivity index (χ4n) is 1.36. The predicted octanol–water partition coefficient (Wildman–Crippen LogP) is 2.00. The maximum atomic E-state index is 12.1. The summed E-state index contributed by atoms with van der Waals surface area (Å²) in [6.07, 6.45) is -3.44. The fraction of sp³-hybridized carbons (Fsp3) is 1.00. The smallest absolute Gasteiger partial charge is 0.324 e. The third kappa shape index (κ3) is 8.31. The van der Waals surface area contributed by atoms with Crippen LogP contribution in [0, 0.1) is 0 Å². The largest absolute Gasteiger partial charge is 0.401 e. The van der Waals surface area contributed by atoms with E-state index >= 15 is 0 Å². The first-order chi connectivity index (χ1) is 6.14. The van der Waals surface area contributed by atoms with Crippen molar-refractivity contribution in [2.75, 3.05) is 19.6 Å². The third-order valence-corrected chi connectivity index (χ3v) is 1.57. The Kier molecular flexibility index (Phi) is 4.88. The van der Waals surface area contributed by atoms with Gasteiger partial charge in [0.2, 0.25) is 0 Å². The average molecular weight is 212 g/mol. The molecule has 0 saturated heterocycles. The maximum Gasteiger partial charge on any atom is 0.401 e. The molecular formula is C9H19F3N2. The monoisotopic (exact) mass is 212 g/mol. The molecule has 14 heavy (non-hydrogen) atoms. The zero-order chi connectivity index (χ0) is 11.4. The first-order valence-corrected chi connectivity index (χ1v) is 4.72. The molecule has 0 aromatic heterocycles. The van der Waals surface area contributed by atoms with Gasteiger partial charge in [-0.1, -0.05) is 6.92 Å². The standard InChI is InChI=1S/C9H19F3N2/c1-4-5-14(6-8(2,3)13)7-9(10,11)12/h4-7,13H2,1-3H3. The molecule has 0 fully saturated rings. The van der Waals surface area contributed by atoms with Crippen molar-refractivity contribution >= 4 is 0 Å². The summed E-state index contributed by atoms with van der Waals surface area (Å²) in [5, 5.41) is 0. The van der Waals surface area contributed by atoms with Crippen LogP contribution in [0.4, 0.5) is 13.2 Å². The number of nitrogens with zero attached hydrogens (tertiary/aromatic N) is 1. The van der Waals surface area contributed by atoms with Crippen molar-refractivity contribution in [2.45, 2.75) is 38.9 Å².